The summed E-state index contributed by atoms with van der Waals surface area (Å²) in [5.74, 6) is 2.40. The smallest absolute Gasteiger partial charge is 0.358 e. The predicted molar refractivity (Wildman–Crippen MR) is 51.6 cm³/mol. The molecule has 0 amide bonds. The summed E-state index contributed by atoms with van der Waals surface area (Å²) in [6.07, 6.45) is 1.22. The number of alkyl halides is 3. The van der Waals surface area contributed by atoms with E-state index >= 15 is 0 Å². The maximum Gasteiger partial charge on any atom is 0.417 e. The molecular formula is C9H6ClF3N2. The van der Waals surface area contributed by atoms with Crippen LogP contribution in [-0.4, -0.2) is 11.5 Å². The van der Waals surface area contributed by atoms with Crippen LogP contribution in [0.5, 0.6) is 0 Å². The van der Waals surface area contributed by atoms with Crippen molar-refractivity contribution < 1.29 is 13.2 Å². The van der Waals surface area contributed by atoms with Crippen LogP contribution in [0.25, 0.3) is 0 Å². The molecule has 1 N–H and O–H groups in total. The van der Waals surface area contributed by atoms with Crippen LogP contribution in [0.1, 0.15) is 5.56 Å². The van der Waals surface area contributed by atoms with Gasteiger partial charge in [-0.1, -0.05) is 17.5 Å². The van der Waals surface area contributed by atoms with Gasteiger partial charge in [-0.2, -0.15) is 13.2 Å². The number of rotatable bonds is 2. The monoisotopic (exact) mass is 234 g/mol. The van der Waals surface area contributed by atoms with Crippen molar-refractivity contribution in [2.24, 2.45) is 0 Å². The number of anilines is 1. The fourth-order valence-electron chi connectivity index (χ4n) is 0.858. The Balaban J connectivity index is 2.94. The molecule has 0 aliphatic heterocycles. The van der Waals surface area contributed by atoms with E-state index in [1.807, 2.05) is 0 Å². The zero-order valence-corrected chi connectivity index (χ0v) is 8.15. The zero-order valence-electron chi connectivity index (χ0n) is 7.40. The molecule has 0 fully saturated rings. The van der Waals surface area contributed by atoms with E-state index in [0.29, 0.717) is 6.20 Å². The molecule has 0 aromatic carbocycles. The lowest BCUT2D eigenvalue weighted by Crippen LogP contribution is -2.08. The Bertz CT molecular complexity index is 395. The molecule has 6 heteroatoms. The second kappa shape index (κ2) is 4.41. The summed E-state index contributed by atoms with van der Waals surface area (Å²) >= 11 is 5.58. The van der Waals surface area contributed by atoms with Gasteiger partial charge in [-0.3, -0.25) is 0 Å². The second-order valence-corrected chi connectivity index (χ2v) is 3.02. The van der Waals surface area contributed by atoms with Gasteiger partial charge in [0, 0.05) is 6.20 Å². The molecule has 0 atom stereocenters. The zero-order chi connectivity index (χ0) is 11.5. The standard InChI is InChI=1S/C9H6ClF3N2/c1-2-3-14-8-7(10)4-6(5-15-8)9(11,12)13/h1,4-5H,3H2,(H,14,15). The Hall–Kier alpha value is -1.41. The molecule has 0 unspecified atom stereocenters. The molecule has 15 heavy (non-hydrogen) atoms. The van der Waals surface area contributed by atoms with Crippen LogP contribution in [0.2, 0.25) is 5.02 Å². The van der Waals surface area contributed by atoms with Crippen molar-refractivity contribution in [2.75, 3.05) is 11.9 Å². The third-order valence-corrected chi connectivity index (χ3v) is 1.81. The molecular weight excluding hydrogens is 229 g/mol. The third kappa shape index (κ3) is 3.03. The van der Waals surface area contributed by atoms with E-state index in [2.05, 4.69) is 16.2 Å². The van der Waals surface area contributed by atoms with Crippen LogP contribution in [0.15, 0.2) is 12.3 Å². The number of nitrogens with one attached hydrogen (secondary N) is 1. The first-order chi connectivity index (χ1) is 6.95. The molecule has 1 aromatic heterocycles. The van der Waals surface area contributed by atoms with Crippen LogP contribution < -0.4 is 5.32 Å². The highest BCUT2D eigenvalue weighted by molar-refractivity contribution is 6.32. The van der Waals surface area contributed by atoms with E-state index < -0.39 is 11.7 Å². The van der Waals surface area contributed by atoms with Crippen LogP contribution in [0.3, 0.4) is 0 Å². The van der Waals surface area contributed by atoms with Crippen LogP contribution >= 0.6 is 11.6 Å². The average molecular weight is 235 g/mol. The van der Waals surface area contributed by atoms with Gasteiger partial charge < -0.3 is 5.32 Å². The molecule has 2 nitrogen and oxygen atoms in total. The molecule has 0 spiro atoms. The van der Waals surface area contributed by atoms with E-state index in [0.717, 1.165) is 6.07 Å². The van der Waals surface area contributed by atoms with Crippen molar-refractivity contribution in [1.29, 1.82) is 0 Å². The number of hydrogen-bond acceptors (Lipinski definition) is 2. The van der Waals surface area contributed by atoms with Crippen molar-refractivity contribution in [3.63, 3.8) is 0 Å². The van der Waals surface area contributed by atoms with E-state index in [4.69, 9.17) is 18.0 Å². The first-order valence-electron chi connectivity index (χ1n) is 3.85. The lowest BCUT2D eigenvalue weighted by molar-refractivity contribution is -0.137. The molecule has 80 valence electrons. The number of aromatic nitrogens is 1. The van der Waals surface area contributed by atoms with Gasteiger partial charge in [-0.15, -0.1) is 6.42 Å². The lowest BCUT2D eigenvalue weighted by Gasteiger charge is -2.09. The van der Waals surface area contributed by atoms with Crippen LogP contribution in [-0.2, 0) is 6.18 Å². The maximum absolute atomic E-state index is 12.2. The maximum atomic E-state index is 12.2. The Labute approximate surface area is 89.5 Å². The molecule has 0 saturated carbocycles. The van der Waals surface area contributed by atoms with Crippen molar-refractivity contribution in [3.8, 4) is 12.3 Å². The minimum absolute atomic E-state index is 0.111. The fraction of sp³-hybridized carbons (Fsp3) is 0.222. The summed E-state index contributed by atoms with van der Waals surface area (Å²) < 4.78 is 36.6. The summed E-state index contributed by atoms with van der Waals surface area (Å²) in [5.41, 5.74) is -0.890. The molecule has 0 saturated heterocycles. The summed E-state index contributed by atoms with van der Waals surface area (Å²) in [6, 6.07) is 0.799. The van der Waals surface area contributed by atoms with E-state index in [1.165, 1.54) is 0 Å². The van der Waals surface area contributed by atoms with Gasteiger partial charge in [0.15, 0.2) is 0 Å². The van der Waals surface area contributed by atoms with Gasteiger partial charge in [0.25, 0.3) is 0 Å². The first kappa shape index (κ1) is 11.7. The van der Waals surface area contributed by atoms with Gasteiger partial charge in [-0.25, -0.2) is 4.98 Å². The highest BCUT2D eigenvalue weighted by Gasteiger charge is 2.31. The average Bonchev–Trinajstić information content (AvgIpc) is 2.14. The number of nitrogens with zero attached hydrogens (tertiary/aromatic N) is 1. The van der Waals surface area contributed by atoms with E-state index in [9.17, 15) is 13.2 Å². The number of hydrogen-bond donors (Lipinski definition) is 1. The summed E-state index contributed by atoms with van der Waals surface area (Å²) in [5, 5.41) is 2.48. The molecule has 1 heterocycles. The van der Waals surface area contributed by atoms with Crippen molar-refractivity contribution in [2.45, 2.75) is 6.18 Å². The number of pyridine rings is 1. The van der Waals surface area contributed by atoms with E-state index in [-0.39, 0.29) is 17.4 Å². The molecule has 0 aliphatic carbocycles. The molecule has 1 aromatic rings. The Morgan fingerprint density at radius 1 is 1.53 bits per heavy atom. The summed E-state index contributed by atoms with van der Waals surface area (Å²) in [6.45, 7) is 0.151. The normalized spacial score (nSPS) is 10.9. The van der Waals surface area contributed by atoms with Crippen LogP contribution in [0.4, 0.5) is 19.0 Å². The van der Waals surface area contributed by atoms with Crippen LogP contribution in [0, 0.1) is 12.3 Å². The van der Waals surface area contributed by atoms with Crippen molar-refractivity contribution in [3.05, 3.63) is 22.8 Å². The minimum Gasteiger partial charge on any atom is -0.358 e. The highest BCUT2D eigenvalue weighted by atomic mass is 35.5. The first-order valence-corrected chi connectivity index (χ1v) is 4.23. The van der Waals surface area contributed by atoms with Gasteiger partial charge in [0.05, 0.1) is 17.1 Å². The molecule has 0 aliphatic rings. The molecule has 0 radical (unpaired) electrons. The van der Waals surface area contributed by atoms with Crippen molar-refractivity contribution in [1.82, 2.24) is 4.98 Å². The largest absolute Gasteiger partial charge is 0.417 e. The Kier molecular flexibility index (Phi) is 3.43. The summed E-state index contributed by atoms with van der Waals surface area (Å²) in [7, 11) is 0. The number of terminal acetylenes is 1. The SMILES string of the molecule is C#CCNc1ncc(C(F)(F)F)cc1Cl. The Morgan fingerprint density at radius 2 is 2.20 bits per heavy atom. The topological polar surface area (TPSA) is 24.9 Å². The molecule has 0 bridgehead atoms. The minimum atomic E-state index is -4.44. The Morgan fingerprint density at radius 3 is 2.67 bits per heavy atom. The quantitative estimate of drug-likeness (QED) is 0.796. The fourth-order valence-corrected chi connectivity index (χ4v) is 1.09. The van der Waals surface area contributed by atoms with Gasteiger partial charge in [0.2, 0.25) is 0 Å². The van der Waals surface area contributed by atoms with Gasteiger partial charge in [-0.05, 0) is 6.07 Å². The third-order valence-electron chi connectivity index (χ3n) is 1.53. The van der Waals surface area contributed by atoms with Gasteiger partial charge >= 0.3 is 6.18 Å². The highest BCUT2D eigenvalue weighted by Crippen LogP contribution is 2.32. The number of halogens is 4. The molecule has 1 rings (SSSR count). The lowest BCUT2D eigenvalue weighted by atomic mass is 10.3. The van der Waals surface area contributed by atoms with Crippen molar-refractivity contribution >= 4 is 17.4 Å². The second-order valence-electron chi connectivity index (χ2n) is 2.61. The summed E-state index contributed by atoms with van der Waals surface area (Å²) in [4.78, 5) is 3.52. The predicted octanol–water partition coefficient (Wildman–Crippen LogP) is 2.80. The van der Waals surface area contributed by atoms with E-state index in [1.54, 1.807) is 0 Å². The van der Waals surface area contributed by atoms with Gasteiger partial charge in [0.1, 0.15) is 5.82 Å².